The van der Waals surface area contributed by atoms with Gasteiger partial charge in [0.1, 0.15) is 0 Å². The minimum atomic E-state index is -3.91. The zero-order valence-electron chi connectivity index (χ0n) is 21.5. The Hall–Kier alpha value is -2.63. The summed E-state index contributed by atoms with van der Waals surface area (Å²) >= 11 is 0. The maximum absolute atomic E-state index is 13.4. The monoisotopic (exact) mass is 545 g/mol. The molecule has 0 bridgehead atoms. The smallest absolute Gasteiger partial charge is 0.356 e. The molecule has 0 spiro atoms. The maximum Gasteiger partial charge on any atom is 0.471 e. The summed E-state index contributed by atoms with van der Waals surface area (Å²) in [4.78, 5) is 36.8. The third-order valence-electron chi connectivity index (χ3n) is 6.82. The van der Waals surface area contributed by atoms with E-state index >= 15 is 0 Å². The number of anilines is 1. The van der Waals surface area contributed by atoms with Crippen LogP contribution in [-0.4, -0.2) is 37.0 Å². The summed E-state index contributed by atoms with van der Waals surface area (Å²) in [5.41, 5.74) is 13.7. The highest BCUT2D eigenvalue weighted by Gasteiger charge is 2.36. The van der Waals surface area contributed by atoms with Crippen LogP contribution in [0.5, 0.6) is 0 Å². The van der Waals surface area contributed by atoms with Crippen molar-refractivity contribution in [2.75, 3.05) is 25.2 Å². The molecule has 2 aliphatic rings. The molecule has 2 amide bonds. The lowest BCUT2D eigenvalue weighted by atomic mass is 9.88. The zero-order valence-corrected chi connectivity index (χ0v) is 22.4. The number of rotatable bonds is 12. The van der Waals surface area contributed by atoms with E-state index < -0.39 is 7.82 Å². The lowest BCUT2D eigenvalue weighted by Crippen LogP contribution is -2.36. The van der Waals surface area contributed by atoms with Crippen molar-refractivity contribution in [3.63, 3.8) is 0 Å². The first kappa shape index (κ1) is 28.4. The summed E-state index contributed by atoms with van der Waals surface area (Å²) in [5, 5.41) is 2.88. The van der Waals surface area contributed by atoms with Crippen LogP contribution in [0.15, 0.2) is 48.5 Å². The number of carbonyl (C=O) groups is 2. The highest BCUT2D eigenvalue weighted by Crippen LogP contribution is 2.42. The topological polar surface area (TPSA) is 141 Å². The molecule has 206 valence electrons. The van der Waals surface area contributed by atoms with Crippen LogP contribution in [0.2, 0.25) is 0 Å². The number of carbonyl (C=O) groups excluding carboxylic acids is 2. The molecule has 2 aromatic carbocycles. The minimum Gasteiger partial charge on any atom is -0.356 e. The predicted octanol–water partition coefficient (Wildman–Crippen LogP) is 3.15. The molecule has 3 atom stereocenters. The molecular formula is C26H36N5O6P. The molecule has 0 aromatic heterocycles. The van der Waals surface area contributed by atoms with E-state index in [4.69, 9.17) is 4.52 Å². The Morgan fingerprint density at radius 2 is 1.68 bits per heavy atom. The number of hydrazine groups is 2. The van der Waals surface area contributed by atoms with Crippen LogP contribution in [0.4, 0.5) is 5.69 Å². The minimum absolute atomic E-state index is 0.0182. The van der Waals surface area contributed by atoms with Gasteiger partial charge in [0.05, 0.1) is 25.2 Å². The van der Waals surface area contributed by atoms with E-state index in [0.717, 1.165) is 48.8 Å². The Morgan fingerprint density at radius 1 is 1.00 bits per heavy atom. The molecule has 2 aliphatic heterocycles. The molecule has 38 heavy (non-hydrogen) atoms. The van der Waals surface area contributed by atoms with Crippen molar-refractivity contribution < 1.29 is 28.1 Å². The Bertz CT molecular complexity index is 1160. The standard InChI is InChI=1S/C26H36N5O6P/c1-36-38(34,35)37-17-9-3-2-8-16-27-23(32)14-15-24(33)31-18-19-10-4-5-11-20(19)25-26(29-30-28-25)21-12-6-7-13-22(21)31/h4-7,10-13,25-26,28-30H,2-3,8-9,14-18H2,1H3,(H,27,32)(H,34,35). The molecule has 1 saturated heterocycles. The normalized spacial score (nSPS) is 19.9. The van der Waals surface area contributed by atoms with Crippen LogP contribution < -0.4 is 26.6 Å². The number of para-hydroxylation sites is 1. The number of unbranched alkanes of at least 4 members (excludes halogenated alkanes) is 3. The largest absolute Gasteiger partial charge is 0.471 e. The summed E-state index contributed by atoms with van der Waals surface area (Å²) < 4.78 is 20.4. The van der Waals surface area contributed by atoms with E-state index in [9.17, 15) is 19.0 Å². The van der Waals surface area contributed by atoms with Crippen LogP contribution in [0.1, 0.15) is 67.3 Å². The second-order valence-electron chi connectivity index (χ2n) is 9.36. The molecule has 1 fully saturated rings. The molecular weight excluding hydrogens is 509 g/mol. The van der Waals surface area contributed by atoms with E-state index in [1.54, 1.807) is 4.90 Å². The van der Waals surface area contributed by atoms with Gasteiger partial charge in [-0.2, -0.15) is 5.53 Å². The fourth-order valence-electron chi connectivity index (χ4n) is 4.82. The van der Waals surface area contributed by atoms with Gasteiger partial charge >= 0.3 is 7.82 Å². The maximum atomic E-state index is 13.4. The average Bonchev–Trinajstić information content (AvgIpc) is 3.40. The SMILES string of the molecule is COP(=O)(O)OCCCCCCNC(=O)CCC(=O)N1Cc2ccccc2C2NNNC2c2ccccc21. The van der Waals surface area contributed by atoms with Gasteiger partial charge in [0.25, 0.3) is 0 Å². The summed E-state index contributed by atoms with van der Waals surface area (Å²) in [5.74, 6) is -0.258. The molecule has 0 saturated carbocycles. The Labute approximate surface area is 222 Å². The van der Waals surface area contributed by atoms with Crippen LogP contribution in [0.25, 0.3) is 0 Å². The van der Waals surface area contributed by atoms with E-state index in [-0.39, 0.29) is 43.3 Å². The fraction of sp³-hybridized carbons (Fsp3) is 0.462. The number of amides is 2. The number of hydrogen-bond acceptors (Lipinski definition) is 8. The number of fused-ring (bicyclic) bond motifs is 5. The third kappa shape index (κ3) is 7.27. The lowest BCUT2D eigenvalue weighted by molar-refractivity contribution is -0.125. The summed E-state index contributed by atoms with van der Waals surface area (Å²) in [6, 6.07) is 15.9. The Morgan fingerprint density at radius 3 is 2.47 bits per heavy atom. The van der Waals surface area contributed by atoms with Crippen LogP contribution in [0, 0.1) is 0 Å². The Kier molecular flexibility index (Phi) is 10.0. The van der Waals surface area contributed by atoms with E-state index in [1.807, 2.05) is 42.5 Å². The fourth-order valence-corrected chi connectivity index (χ4v) is 5.28. The van der Waals surface area contributed by atoms with Gasteiger partial charge in [-0.25, -0.2) is 15.4 Å². The van der Waals surface area contributed by atoms with Gasteiger partial charge in [-0.15, -0.1) is 0 Å². The summed E-state index contributed by atoms with van der Waals surface area (Å²) in [7, 11) is -2.79. The molecule has 4 rings (SSSR count). The lowest BCUT2D eigenvalue weighted by Gasteiger charge is -2.33. The first-order chi connectivity index (χ1) is 18.4. The molecule has 2 heterocycles. The van der Waals surface area contributed by atoms with Crippen molar-refractivity contribution in [2.24, 2.45) is 0 Å². The van der Waals surface area contributed by atoms with Crippen LogP contribution >= 0.6 is 7.82 Å². The highest BCUT2D eigenvalue weighted by molar-refractivity contribution is 7.47. The average molecular weight is 546 g/mol. The quantitative estimate of drug-likeness (QED) is 0.201. The van der Waals surface area contributed by atoms with Crippen molar-refractivity contribution in [3.8, 4) is 0 Å². The van der Waals surface area contributed by atoms with Gasteiger partial charge in [-0.1, -0.05) is 55.3 Å². The van der Waals surface area contributed by atoms with Gasteiger partial charge in [0.2, 0.25) is 11.8 Å². The predicted molar refractivity (Wildman–Crippen MR) is 142 cm³/mol. The first-order valence-corrected chi connectivity index (χ1v) is 14.4. The molecule has 5 N–H and O–H groups in total. The van der Waals surface area contributed by atoms with Gasteiger partial charge in [-0.3, -0.25) is 18.6 Å². The van der Waals surface area contributed by atoms with E-state index in [1.165, 1.54) is 0 Å². The number of nitrogens with one attached hydrogen (secondary N) is 4. The molecule has 12 heteroatoms. The van der Waals surface area contributed by atoms with Crippen LogP contribution in [-0.2, 0) is 29.7 Å². The van der Waals surface area contributed by atoms with E-state index in [2.05, 4.69) is 32.3 Å². The van der Waals surface area contributed by atoms with Crippen molar-refractivity contribution in [1.29, 1.82) is 0 Å². The number of nitrogens with zero attached hydrogens (tertiary/aromatic N) is 1. The first-order valence-electron chi connectivity index (χ1n) is 12.9. The van der Waals surface area contributed by atoms with E-state index in [0.29, 0.717) is 19.5 Å². The van der Waals surface area contributed by atoms with Crippen LogP contribution in [0.3, 0.4) is 0 Å². The van der Waals surface area contributed by atoms with Crippen molar-refractivity contribution >= 4 is 25.3 Å². The van der Waals surface area contributed by atoms with Gasteiger partial charge in [0.15, 0.2) is 0 Å². The van der Waals surface area contributed by atoms with Gasteiger partial charge in [0, 0.05) is 32.2 Å². The second kappa shape index (κ2) is 13.4. The third-order valence-corrected chi connectivity index (χ3v) is 7.79. The van der Waals surface area contributed by atoms with Gasteiger partial charge < -0.3 is 15.1 Å². The van der Waals surface area contributed by atoms with Gasteiger partial charge in [-0.05, 0) is 35.6 Å². The van der Waals surface area contributed by atoms with Crippen molar-refractivity contribution in [3.05, 3.63) is 65.2 Å². The Balaban J connectivity index is 1.28. The summed E-state index contributed by atoms with van der Waals surface area (Å²) in [6.45, 7) is 1.09. The zero-order chi connectivity index (χ0) is 27.0. The molecule has 0 aliphatic carbocycles. The number of phosphoric acid groups is 1. The number of phosphoric ester groups is 1. The van der Waals surface area contributed by atoms with Crippen molar-refractivity contribution in [1.82, 2.24) is 21.7 Å². The van der Waals surface area contributed by atoms with Crippen molar-refractivity contribution in [2.45, 2.75) is 57.2 Å². The number of hydrogen-bond donors (Lipinski definition) is 5. The molecule has 11 nitrogen and oxygen atoms in total. The number of benzene rings is 2. The molecule has 3 unspecified atom stereocenters. The molecule has 2 aromatic rings. The second-order valence-corrected chi connectivity index (χ2v) is 10.9. The molecule has 0 radical (unpaired) electrons. The summed E-state index contributed by atoms with van der Waals surface area (Å²) in [6.07, 6.45) is 3.27. The highest BCUT2D eigenvalue weighted by atomic mass is 31.2.